The standard InChI is InChI=1S/C18H19N5/c1-18(13-9-5-3-6-10-13,14-11-7-4-8-12-14)15-16(19)21-17(20)23(2)22-15/h3-12H,1-2H3,(H3,19,20,21). The fraction of sp³-hybridized carbons (Fsp3) is 0.167. The van der Waals surface area contributed by atoms with E-state index < -0.39 is 5.41 Å². The van der Waals surface area contributed by atoms with Gasteiger partial charge in [-0.3, -0.25) is 5.41 Å². The molecule has 5 nitrogen and oxygen atoms in total. The summed E-state index contributed by atoms with van der Waals surface area (Å²) in [5, 5.41) is 12.3. The Hall–Kier alpha value is -2.95. The van der Waals surface area contributed by atoms with Gasteiger partial charge < -0.3 is 5.73 Å². The first kappa shape index (κ1) is 15.0. The quantitative estimate of drug-likeness (QED) is 0.778. The average Bonchev–Trinajstić information content (AvgIpc) is 2.59. The molecule has 0 saturated heterocycles. The predicted molar refractivity (Wildman–Crippen MR) is 89.7 cm³/mol. The van der Waals surface area contributed by atoms with Gasteiger partial charge in [0.15, 0.2) is 5.82 Å². The monoisotopic (exact) mass is 305 g/mol. The number of nitrogens with zero attached hydrogens (tertiary/aromatic N) is 3. The van der Waals surface area contributed by atoms with Crippen molar-refractivity contribution in [1.82, 2.24) is 14.8 Å². The van der Waals surface area contributed by atoms with Crippen LogP contribution in [0.5, 0.6) is 0 Å². The largest absolute Gasteiger partial charge is 0.382 e. The fourth-order valence-electron chi connectivity index (χ4n) is 2.83. The minimum Gasteiger partial charge on any atom is -0.382 e. The number of nitrogens with one attached hydrogen (secondary N) is 1. The van der Waals surface area contributed by atoms with Crippen molar-refractivity contribution in [1.29, 1.82) is 5.41 Å². The van der Waals surface area contributed by atoms with E-state index in [1.165, 1.54) is 4.68 Å². The summed E-state index contributed by atoms with van der Waals surface area (Å²) in [5.41, 5.74) is 8.43. The summed E-state index contributed by atoms with van der Waals surface area (Å²) in [6.07, 6.45) is 0. The molecule has 0 unspecified atom stereocenters. The minimum absolute atomic E-state index is 0.0368. The highest BCUT2D eigenvalue weighted by molar-refractivity contribution is 5.53. The number of anilines is 1. The summed E-state index contributed by atoms with van der Waals surface area (Å²) >= 11 is 0. The zero-order chi connectivity index (χ0) is 16.4. The van der Waals surface area contributed by atoms with Crippen molar-refractivity contribution in [2.45, 2.75) is 12.3 Å². The minimum atomic E-state index is -0.551. The lowest BCUT2D eigenvalue weighted by atomic mass is 9.73. The first-order valence-electron chi connectivity index (χ1n) is 7.40. The van der Waals surface area contributed by atoms with Gasteiger partial charge in [-0.1, -0.05) is 60.7 Å². The number of rotatable bonds is 3. The van der Waals surface area contributed by atoms with Crippen LogP contribution in [0, 0.1) is 5.41 Å². The molecule has 0 bridgehead atoms. The van der Waals surface area contributed by atoms with E-state index in [-0.39, 0.29) is 11.4 Å². The Kier molecular flexibility index (Phi) is 3.70. The summed E-state index contributed by atoms with van der Waals surface area (Å²) in [6.45, 7) is 2.08. The van der Waals surface area contributed by atoms with E-state index >= 15 is 0 Å². The molecule has 0 atom stereocenters. The molecule has 0 aliphatic heterocycles. The van der Waals surface area contributed by atoms with Crippen LogP contribution in [0.1, 0.15) is 23.7 Å². The Morgan fingerprint density at radius 3 is 1.91 bits per heavy atom. The molecule has 3 aromatic rings. The SMILES string of the molecule is Cn1nc(C(C)(c2ccccc2)c2ccccc2)c(N)nc1=N. The number of hydrogen-bond acceptors (Lipinski definition) is 4. The maximum absolute atomic E-state index is 7.78. The van der Waals surface area contributed by atoms with Crippen LogP contribution in [0.2, 0.25) is 0 Å². The molecule has 0 aliphatic carbocycles. The highest BCUT2D eigenvalue weighted by Gasteiger charge is 2.35. The van der Waals surface area contributed by atoms with Gasteiger partial charge in [-0.15, -0.1) is 0 Å². The molecular weight excluding hydrogens is 286 g/mol. The zero-order valence-electron chi connectivity index (χ0n) is 13.2. The number of hydrogen-bond donors (Lipinski definition) is 2. The highest BCUT2D eigenvalue weighted by atomic mass is 15.3. The molecule has 3 N–H and O–H groups in total. The maximum atomic E-state index is 7.78. The molecule has 0 radical (unpaired) electrons. The Morgan fingerprint density at radius 2 is 1.43 bits per heavy atom. The van der Waals surface area contributed by atoms with E-state index in [0.717, 1.165) is 11.1 Å². The third kappa shape index (κ3) is 2.50. The molecule has 0 amide bonds. The van der Waals surface area contributed by atoms with Gasteiger partial charge in [0.1, 0.15) is 5.69 Å². The van der Waals surface area contributed by atoms with Crippen molar-refractivity contribution >= 4 is 5.82 Å². The summed E-state index contributed by atoms with van der Waals surface area (Å²) in [4.78, 5) is 4.14. The second-order valence-electron chi connectivity index (χ2n) is 5.65. The van der Waals surface area contributed by atoms with Crippen molar-refractivity contribution in [3.63, 3.8) is 0 Å². The highest BCUT2D eigenvalue weighted by Crippen LogP contribution is 2.38. The third-order valence-corrected chi connectivity index (χ3v) is 4.20. The van der Waals surface area contributed by atoms with Crippen LogP contribution >= 0.6 is 0 Å². The number of nitrogen functional groups attached to an aromatic ring is 1. The van der Waals surface area contributed by atoms with E-state index in [1.807, 2.05) is 36.4 Å². The summed E-state index contributed by atoms with van der Waals surface area (Å²) < 4.78 is 1.44. The molecule has 1 heterocycles. The lowest BCUT2D eigenvalue weighted by molar-refractivity contribution is 0.568. The van der Waals surface area contributed by atoms with Crippen LogP contribution in [-0.2, 0) is 12.5 Å². The fourth-order valence-corrected chi connectivity index (χ4v) is 2.83. The molecule has 2 aromatic carbocycles. The molecule has 3 rings (SSSR count). The van der Waals surface area contributed by atoms with E-state index in [1.54, 1.807) is 7.05 Å². The summed E-state index contributed by atoms with van der Waals surface area (Å²) in [7, 11) is 1.70. The van der Waals surface area contributed by atoms with E-state index in [4.69, 9.17) is 11.1 Å². The number of benzene rings is 2. The number of aryl methyl sites for hydroxylation is 1. The lowest BCUT2D eigenvalue weighted by Crippen LogP contribution is -2.34. The van der Waals surface area contributed by atoms with Gasteiger partial charge in [0.05, 0.1) is 5.41 Å². The van der Waals surface area contributed by atoms with E-state index in [9.17, 15) is 0 Å². The molecule has 23 heavy (non-hydrogen) atoms. The van der Waals surface area contributed by atoms with Gasteiger partial charge in [-0.05, 0) is 18.1 Å². The first-order chi connectivity index (χ1) is 11.0. The number of nitrogens with two attached hydrogens (primary N) is 1. The summed E-state index contributed by atoms with van der Waals surface area (Å²) in [6, 6.07) is 20.2. The maximum Gasteiger partial charge on any atom is 0.240 e. The molecule has 0 aliphatic rings. The van der Waals surface area contributed by atoms with Crippen LogP contribution in [0.15, 0.2) is 60.7 Å². The third-order valence-electron chi connectivity index (χ3n) is 4.20. The van der Waals surface area contributed by atoms with Crippen LogP contribution in [0.4, 0.5) is 5.82 Å². The van der Waals surface area contributed by atoms with Crippen molar-refractivity contribution < 1.29 is 0 Å². The van der Waals surface area contributed by atoms with Crippen LogP contribution in [0.25, 0.3) is 0 Å². The second kappa shape index (κ2) is 5.68. The molecule has 5 heteroatoms. The van der Waals surface area contributed by atoms with Gasteiger partial charge >= 0.3 is 0 Å². The molecular formula is C18H19N5. The Bertz CT molecular complexity index is 829. The Labute approximate surface area is 135 Å². The van der Waals surface area contributed by atoms with Crippen molar-refractivity contribution in [2.75, 3.05) is 5.73 Å². The van der Waals surface area contributed by atoms with Crippen molar-refractivity contribution in [3.8, 4) is 0 Å². The molecule has 116 valence electrons. The van der Waals surface area contributed by atoms with Crippen molar-refractivity contribution in [3.05, 3.63) is 83.1 Å². The van der Waals surface area contributed by atoms with Crippen molar-refractivity contribution in [2.24, 2.45) is 7.05 Å². The smallest absolute Gasteiger partial charge is 0.240 e. The van der Waals surface area contributed by atoms with Gasteiger partial charge in [-0.25, -0.2) is 4.68 Å². The van der Waals surface area contributed by atoms with Crippen LogP contribution in [0.3, 0.4) is 0 Å². The van der Waals surface area contributed by atoms with Crippen LogP contribution < -0.4 is 11.4 Å². The van der Waals surface area contributed by atoms with E-state index in [2.05, 4.69) is 41.3 Å². The van der Waals surface area contributed by atoms with E-state index in [0.29, 0.717) is 5.69 Å². The first-order valence-corrected chi connectivity index (χ1v) is 7.40. The normalized spacial score (nSPS) is 11.4. The average molecular weight is 305 g/mol. The zero-order valence-corrected chi connectivity index (χ0v) is 13.2. The molecule has 0 fully saturated rings. The van der Waals surface area contributed by atoms with Gasteiger partial charge in [0.2, 0.25) is 5.62 Å². The molecule has 0 saturated carbocycles. The molecule has 1 aromatic heterocycles. The molecule has 0 spiro atoms. The number of aromatic nitrogens is 3. The van der Waals surface area contributed by atoms with Gasteiger partial charge in [0.25, 0.3) is 0 Å². The predicted octanol–water partition coefficient (Wildman–Crippen LogP) is 2.23. The Balaban J connectivity index is 2.34. The summed E-state index contributed by atoms with van der Waals surface area (Å²) in [5.74, 6) is 0.281. The second-order valence-corrected chi connectivity index (χ2v) is 5.65. The van der Waals surface area contributed by atoms with Gasteiger partial charge in [-0.2, -0.15) is 10.1 Å². The lowest BCUT2D eigenvalue weighted by Gasteiger charge is -2.31. The Morgan fingerprint density at radius 1 is 0.957 bits per heavy atom. The van der Waals surface area contributed by atoms with Crippen LogP contribution in [-0.4, -0.2) is 14.8 Å². The topological polar surface area (TPSA) is 80.6 Å². The van der Waals surface area contributed by atoms with Gasteiger partial charge in [0, 0.05) is 7.05 Å².